The van der Waals surface area contributed by atoms with Crippen molar-refractivity contribution < 1.29 is 0 Å². The van der Waals surface area contributed by atoms with Crippen LogP contribution < -0.4 is 5.32 Å². The Hall–Kier alpha value is -0.0800. The summed E-state index contributed by atoms with van der Waals surface area (Å²) in [6, 6.07) is 0.749. The number of rotatable bonds is 2. The van der Waals surface area contributed by atoms with Crippen LogP contribution in [0.4, 0.5) is 0 Å². The largest absolute Gasteiger partial charge is 0.312 e. The van der Waals surface area contributed by atoms with Crippen LogP contribution in [0.1, 0.15) is 27.7 Å². The minimum absolute atomic E-state index is 0.367. The molecule has 0 saturated carbocycles. The minimum atomic E-state index is 0.367. The van der Waals surface area contributed by atoms with Gasteiger partial charge >= 0.3 is 0 Å². The van der Waals surface area contributed by atoms with Crippen LogP contribution in [-0.2, 0) is 0 Å². The highest BCUT2D eigenvalue weighted by atomic mass is 15.3. The van der Waals surface area contributed by atoms with E-state index in [1.807, 2.05) is 0 Å². The van der Waals surface area contributed by atoms with Gasteiger partial charge in [0.1, 0.15) is 0 Å². The van der Waals surface area contributed by atoms with Crippen molar-refractivity contribution in [1.29, 1.82) is 0 Å². The Balaban J connectivity index is 2.19. The number of likely N-dealkylation sites (N-methyl/N-ethyl adjacent to an activating group) is 1. The second-order valence-electron chi connectivity index (χ2n) is 4.33. The molecule has 0 aromatic rings. The fourth-order valence-electron chi connectivity index (χ4n) is 1.44. The maximum Gasteiger partial charge on any atom is 0.0322 e. The molecule has 0 unspecified atom stereocenters. The topological polar surface area (TPSA) is 15.3 Å². The summed E-state index contributed by atoms with van der Waals surface area (Å²) in [5, 5.41) is 3.44. The van der Waals surface area contributed by atoms with Crippen molar-refractivity contribution in [3.05, 3.63) is 0 Å². The zero-order chi connectivity index (χ0) is 8.48. The van der Waals surface area contributed by atoms with E-state index in [-0.39, 0.29) is 0 Å². The van der Waals surface area contributed by atoms with E-state index in [4.69, 9.17) is 0 Å². The Kier molecular flexibility index (Phi) is 2.55. The third-order valence-corrected chi connectivity index (χ3v) is 2.32. The van der Waals surface area contributed by atoms with Crippen molar-refractivity contribution >= 4 is 0 Å². The highest BCUT2D eigenvalue weighted by Crippen LogP contribution is 2.20. The number of hydrogen-bond acceptors (Lipinski definition) is 2. The van der Waals surface area contributed by atoms with Gasteiger partial charge in [0, 0.05) is 24.7 Å². The predicted molar refractivity (Wildman–Crippen MR) is 48.8 cm³/mol. The van der Waals surface area contributed by atoms with Crippen LogP contribution in [0.25, 0.3) is 0 Å². The molecule has 0 bridgehead atoms. The second-order valence-corrected chi connectivity index (χ2v) is 4.33. The van der Waals surface area contributed by atoms with Gasteiger partial charge in [-0.2, -0.15) is 0 Å². The van der Waals surface area contributed by atoms with Crippen molar-refractivity contribution in [2.75, 3.05) is 19.6 Å². The Morgan fingerprint density at radius 3 is 2.27 bits per heavy atom. The van der Waals surface area contributed by atoms with Gasteiger partial charge in [0.05, 0.1) is 0 Å². The zero-order valence-corrected chi connectivity index (χ0v) is 8.15. The lowest BCUT2D eigenvalue weighted by Gasteiger charge is -2.47. The number of hydrogen-bond donors (Lipinski definition) is 1. The first-order valence-corrected chi connectivity index (χ1v) is 4.52. The average molecular weight is 156 g/mol. The van der Waals surface area contributed by atoms with E-state index in [2.05, 4.69) is 37.9 Å². The maximum atomic E-state index is 3.44. The Labute approximate surface area is 70.0 Å². The summed E-state index contributed by atoms with van der Waals surface area (Å²) in [5.41, 5.74) is 0.367. The molecule has 1 aliphatic rings. The van der Waals surface area contributed by atoms with Crippen LogP contribution in [0.5, 0.6) is 0 Å². The molecule has 2 heteroatoms. The van der Waals surface area contributed by atoms with Crippen LogP contribution in [-0.4, -0.2) is 36.1 Å². The van der Waals surface area contributed by atoms with Gasteiger partial charge in [0.15, 0.2) is 0 Å². The SMILES string of the molecule is CCNC1CN(C(C)(C)C)C1. The van der Waals surface area contributed by atoms with Crippen LogP contribution >= 0.6 is 0 Å². The van der Waals surface area contributed by atoms with Crippen molar-refractivity contribution in [2.45, 2.75) is 39.3 Å². The highest BCUT2D eigenvalue weighted by Gasteiger charge is 2.33. The van der Waals surface area contributed by atoms with Gasteiger partial charge in [-0.1, -0.05) is 6.92 Å². The molecule has 1 heterocycles. The molecule has 0 radical (unpaired) electrons. The molecule has 0 aromatic carbocycles. The standard InChI is InChI=1S/C9H20N2/c1-5-10-8-6-11(7-8)9(2,3)4/h8,10H,5-7H2,1-4H3. The van der Waals surface area contributed by atoms with Crippen molar-refractivity contribution in [1.82, 2.24) is 10.2 Å². The Morgan fingerprint density at radius 2 is 1.91 bits per heavy atom. The lowest BCUT2D eigenvalue weighted by Crippen LogP contribution is -2.63. The number of nitrogens with one attached hydrogen (secondary N) is 1. The van der Waals surface area contributed by atoms with Gasteiger partial charge in [-0.3, -0.25) is 4.90 Å². The Bertz CT molecular complexity index is 120. The predicted octanol–water partition coefficient (Wildman–Crippen LogP) is 1.08. The molecular formula is C9H20N2. The number of nitrogens with zero attached hydrogens (tertiary/aromatic N) is 1. The molecule has 1 rings (SSSR count). The molecule has 0 aromatic heterocycles. The molecule has 66 valence electrons. The van der Waals surface area contributed by atoms with Gasteiger partial charge in [-0.05, 0) is 27.3 Å². The summed E-state index contributed by atoms with van der Waals surface area (Å²) in [6.45, 7) is 12.5. The van der Waals surface area contributed by atoms with E-state index in [1.54, 1.807) is 0 Å². The van der Waals surface area contributed by atoms with Crippen LogP contribution in [0.2, 0.25) is 0 Å². The lowest BCUT2D eigenvalue weighted by atomic mass is 9.98. The van der Waals surface area contributed by atoms with Crippen molar-refractivity contribution in [3.8, 4) is 0 Å². The lowest BCUT2D eigenvalue weighted by molar-refractivity contribution is 0.0359. The first kappa shape index (κ1) is 9.01. The monoisotopic (exact) mass is 156 g/mol. The average Bonchev–Trinajstić information content (AvgIpc) is 1.74. The molecule has 1 fully saturated rings. The minimum Gasteiger partial charge on any atom is -0.312 e. The first-order chi connectivity index (χ1) is 5.04. The van der Waals surface area contributed by atoms with Crippen LogP contribution in [0.15, 0.2) is 0 Å². The summed E-state index contributed by atoms with van der Waals surface area (Å²) in [4.78, 5) is 2.50. The fourth-order valence-corrected chi connectivity index (χ4v) is 1.44. The summed E-state index contributed by atoms with van der Waals surface area (Å²) in [7, 11) is 0. The molecule has 0 aliphatic carbocycles. The van der Waals surface area contributed by atoms with Gasteiger partial charge in [-0.15, -0.1) is 0 Å². The van der Waals surface area contributed by atoms with E-state index >= 15 is 0 Å². The fraction of sp³-hybridized carbons (Fsp3) is 1.00. The van der Waals surface area contributed by atoms with E-state index in [1.165, 1.54) is 13.1 Å². The van der Waals surface area contributed by atoms with Gasteiger partial charge in [0.25, 0.3) is 0 Å². The van der Waals surface area contributed by atoms with E-state index < -0.39 is 0 Å². The smallest absolute Gasteiger partial charge is 0.0322 e. The molecule has 11 heavy (non-hydrogen) atoms. The molecular weight excluding hydrogens is 136 g/mol. The van der Waals surface area contributed by atoms with Gasteiger partial charge < -0.3 is 5.32 Å². The molecule has 2 nitrogen and oxygen atoms in total. The molecule has 0 spiro atoms. The van der Waals surface area contributed by atoms with E-state index in [9.17, 15) is 0 Å². The van der Waals surface area contributed by atoms with Crippen LogP contribution in [0, 0.1) is 0 Å². The van der Waals surface area contributed by atoms with E-state index in [0.717, 1.165) is 12.6 Å². The molecule has 1 saturated heterocycles. The molecule has 1 aliphatic heterocycles. The maximum absolute atomic E-state index is 3.44. The quantitative estimate of drug-likeness (QED) is 0.643. The summed E-state index contributed by atoms with van der Waals surface area (Å²) in [6.07, 6.45) is 0. The summed E-state index contributed by atoms with van der Waals surface area (Å²) >= 11 is 0. The Morgan fingerprint density at radius 1 is 1.36 bits per heavy atom. The van der Waals surface area contributed by atoms with Gasteiger partial charge in [0.2, 0.25) is 0 Å². The van der Waals surface area contributed by atoms with Crippen molar-refractivity contribution in [2.24, 2.45) is 0 Å². The third-order valence-electron chi connectivity index (χ3n) is 2.32. The highest BCUT2D eigenvalue weighted by molar-refractivity contribution is 4.92. The molecule has 0 amide bonds. The number of likely N-dealkylation sites (tertiary alicyclic amines) is 1. The normalized spacial score (nSPS) is 21.8. The van der Waals surface area contributed by atoms with Crippen molar-refractivity contribution in [3.63, 3.8) is 0 Å². The summed E-state index contributed by atoms with van der Waals surface area (Å²) < 4.78 is 0. The third kappa shape index (κ3) is 2.17. The van der Waals surface area contributed by atoms with Gasteiger partial charge in [-0.25, -0.2) is 0 Å². The first-order valence-electron chi connectivity index (χ1n) is 4.52. The zero-order valence-electron chi connectivity index (χ0n) is 8.15. The molecule has 0 atom stereocenters. The summed E-state index contributed by atoms with van der Waals surface area (Å²) in [5.74, 6) is 0. The van der Waals surface area contributed by atoms with E-state index in [0.29, 0.717) is 5.54 Å². The molecule has 1 N–H and O–H groups in total. The second kappa shape index (κ2) is 3.11. The van der Waals surface area contributed by atoms with Crippen LogP contribution in [0.3, 0.4) is 0 Å².